The molecule has 0 amide bonds. The van der Waals surface area contributed by atoms with Gasteiger partial charge in [0.2, 0.25) is 0 Å². The molecule has 3 atom stereocenters. The average molecular weight is 307 g/mol. The van der Waals surface area contributed by atoms with E-state index in [9.17, 15) is 0 Å². The van der Waals surface area contributed by atoms with Crippen LogP contribution in [0.25, 0.3) is 0 Å². The highest BCUT2D eigenvalue weighted by molar-refractivity contribution is 7.07. The van der Waals surface area contributed by atoms with Gasteiger partial charge in [0.05, 0.1) is 0 Å². The first-order valence-corrected chi connectivity index (χ1v) is 9.58. The molecule has 21 heavy (non-hydrogen) atoms. The molecule has 1 aromatic rings. The maximum Gasteiger partial charge on any atom is 0.0245 e. The van der Waals surface area contributed by atoms with Crippen LogP contribution in [0, 0.1) is 17.8 Å². The zero-order valence-corrected chi connectivity index (χ0v) is 14.3. The van der Waals surface area contributed by atoms with E-state index >= 15 is 0 Å². The molecule has 2 fully saturated rings. The van der Waals surface area contributed by atoms with Crippen molar-refractivity contribution >= 4 is 11.3 Å². The van der Waals surface area contributed by atoms with Gasteiger partial charge in [-0.3, -0.25) is 4.90 Å². The van der Waals surface area contributed by atoms with E-state index in [1.165, 1.54) is 44.2 Å². The van der Waals surface area contributed by atoms with Crippen molar-refractivity contribution in [2.75, 3.05) is 6.54 Å². The van der Waals surface area contributed by atoms with E-state index in [-0.39, 0.29) is 0 Å². The van der Waals surface area contributed by atoms with Crippen LogP contribution in [0.5, 0.6) is 0 Å². The summed E-state index contributed by atoms with van der Waals surface area (Å²) < 4.78 is 0. The first-order valence-electron chi connectivity index (χ1n) is 8.64. The van der Waals surface area contributed by atoms with Crippen molar-refractivity contribution in [3.63, 3.8) is 0 Å². The number of rotatable bonds is 6. The fraction of sp³-hybridized carbons (Fsp3) is 0.778. The lowest BCUT2D eigenvalue weighted by molar-refractivity contribution is 0.128. The molecule has 0 spiro atoms. The smallest absolute Gasteiger partial charge is 0.0245 e. The number of thiophene rings is 1. The van der Waals surface area contributed by atoms with Gasteiger partial charge in [0, 0.05) is 25.2 Å². The zero-order valence-electron chi connectivity index (χ0n) is 13.5. The molecule has 3 unspecified atom stereocenters. The van der Waals surface area contributed by atoms with Crippen LogP contribution < -0.4 is 5.73 Å². The third-order valence-electron chi connectivity index (χ3n) is 5.52. The Morgan fingerprint density at radius 1 is 1.29 bits per heavy atom. The minimum Gasteiger partial charge on any atom is -0.327 e. The van der Waals surface area contributed by atoms with E-state index in [4.69, 9.17) is 5.73 Å². The van der Waals surface area contributed by atoms with Crippen LogP contribution in [0.2, 0.25) is 0 Å². The highest BCUT2D eigenvalue weighted by Crippen LogP contribution is 2.36. The van der Waals surface area contributed by atoms with E-state index in [2.05, 4.69) is 35.6 Å². The standard InChI is InChI=1S/C18H30N2S/c1-13(2)15-3-6-18(19)16(9-15)11-20(17-4-5-17)10-14-7-8-21-12-14/h7-8,12-13,15-18H,3-6,9-11,19H2,1-2H3. The lowest BCUT2D eigenvalue weighted by Crippen LogP contribution is -2.44. The van der Waals surface area contributed by atoms with Crippen molar-refractivity contribution in [3.05, 3.63) is 22.4 Å². The van der Waals surface area contributed by atoms with Crippen molar-refractivity contribution in [1.29, 1.82) is 0 Å². The second kappa shape index (κ2) is 6.80. The van der Waals surface area contributed by atoms with Crippen LogP contribution in [0.1, 0.15) is 51.5 Å². The Kier molecular flexibility index (Phi) is 5.03. The second-order valence-electron chi connectivity index (χ2n) is 7.53. The molecule has 1 heterocycles. The van der Waals surface area contributed by atoms with Crippen molar-refractivity contribution in [3.8, 4) is 0 Å². The number of hydrogen-bond acceptors (Lipinski definition) is 3. The van der Waals surface area contributed by atoms with Crippen LogP contribution in [0.4, 0.5) is 0 Å². The van der Waals surface area contributed by atoms with Gasteiger partial charge in [0.15, 0.2) is 0 Å². The van der Waals surface area contributed by atoms with E-state index in [1.807, 2.05) is 11.3 Å². The maximum absolute atomic E-state index is 6.46. The fourth-order valence-electron chi connectivity index (χ4n) is 3.84. The molecule has 2 nitrogen and oxygen atoms in total. The third kappa shape index (κ3) is 4.08. The molecule has 0 aromatic carbocycles. The minimum absolute atomic E-state index is 0.420. The molecule has 3 rings (SSSR count). The molecule has 2 aliphatic carbocycles. The van der Waals surface area contributed by atoms with Crippen LogP contribution in [-0.4, -0.2) is 23.5 Å². The van der Waals surface area contributed by atoms with Gasteiger partial charge in [-0.25, -0.2) is 0 Å². The van der Waals surface area contributed by atoms with E-state index < -0.39 is 0 Å². The van der Waals surface area contributed by atoms with E-state index in [1.54, 1.807) is 0 Å². The predicted octanol–water partition coefficient (Wildman–Crippen LogP) is 4.11. The SMILES string of the molecule is CC(C)C1CCC(N)C(CN(Cc2ccsc2)C2CC2)C1. The fourth-order valence-corrected chi connectivity index (χ4v) is 4.50. The summed E-state index contributed by atoms with van der Waals surface area (Å²) in [6.45, 7) is 7.10. The lowest BCUT2D eigenvalue weighted by atomic mass is 9.73. The summed E-state index contributed by atoms with van der Waals surface area (Å²) in [4.78, 5) is 2.72. The van der Waals surface area contributed by atoms with Crippen molar-refractivity contribution in [1.82, 2.24) is 4.90 Å². The summed E-state index contributed by atoms with van der Waals surface area (Å²) in [7, 11) is 0. The molecule has 0 bridgehead atoms. The molecule has 2 N–H and O–H groups in total. The van der Waals surface area contributed by atoms with Gasteiger partial charge in [-0.05, 0) is 72.2 Å². The van der Waals surface area contributed by atoms with Crippen molar-refractivity contribution < 1.29 is 0 Å². The first kappa shape index (κ1) is 15.5. The van der Waals surface area contributed by atoms with E-state index in [0.717, 1.165) is 24.4 Å². The molecule has 0 saturated heterocycles. The third-order valence-corrected chi connectivity index (χ3v) is 6.25. The summed E-state index contributed by atoms with van der Waals surface area (Å²) >= 11 is 1.81. The summed E-state index contributed by atoms with van der Waals surface area (Å²) in [5.41, 5.74) is 7.94. The molecule has 3 heteroatoms. The largest absolute Gasteiger partial charge is 0.327 e. The average Bonchev–Trinajstić information content (AvgIpc) is 3.18. The van der Waals surface area contributed by atoms with Crippen molar-refractivity contribution in [2.45, 2.75) is 64.6 Å². The predicted molar refractivity (Wildman–Crippen MR) is 91.4 cm³/mol. The molecular weight excluding hydrogens is 276 g/mol. The molecule has 2 aliphatic rings. The Balaban J connectivity index is 1.61. The normalized spacial score (nSPS) is 30.2. The number of hydrogen-bond donors (Lipinski definition) is 1. The monoisotopic (exact) mass is 306 g/mol. The van der Waals surface area contributed by atoms with Crippen LogP contribution in [-0.2, 0) is 6.54 Å². The highest BCUT2D eigenvalue weighted by Gasteiger charge is 2.35. The topological polar surface area (TPSA) is 29.3 Å². The number of nitrogens with two attached hydrogens (primary N) is 1. The van der Waals surface area contributed by atoms with Crippen LogP contribution in [0.15, 0.2) is 16.8 Å². The summed E-state index contributed by atoms with van der Waals surface area (Å²) in [6.07, 6.45) is 6.68. The summed E-state index contributed by atoms with van der Waals surface area (Å²) in [6, 6.07) is 3.53. The van der Waals surface area contributed by atoms with Gasteiger partial charge in [0.25, 0.3) is 0 Å². The first-order chi connectivity index (χ1) is 10.1. The molecule has 0 aliphatic heterocycles. The molecule has 2 saturated carbocycles. The Labute approximate surface area is 133 Å². The Bertz CT molecular complexity index is 424. The summed E-state index contributed by atoms with van der Waals surface area (Å²) in [5, 5.41) is 4.49. The molecule has 1 aromatic heterocycles. The van der Waals surface area contributed by atoms with E-state index in [0.29, 0.717) is 12.0 Å². The quantitative estimate of drug-likeness (QED) is 0.857. The summed E-state index contributed by atoms with van der Waals surface area (Å²) in [5.74, 6) is 2.40. The number of nitrogens with zero attached hydrogens (tertiary/aromatic N) is 1. The molecular formula is C18H30N2S. The van der Waals surface area contributed by atoms with Crippen molar-refractivity contribution in [2.24, 2.45) is 23.5 Å². The van der Waals surface area contributed by atoms with Gasteiger partial charge >= 0.3 is 0 Å². The van der Waals surface area contributed by atoms with Crippen LogP contribution in [0.3, 0.4) is 0 Å². The Hall–Kier alpha value is -0.380. The zero-order chi connectivity index (χ0) is 14.8. The van der Waals surface area contributed by atoms with Gasteiger partial charge in [-0.1, -0.05) is 13.8 Å². The highest BCUT2D eigenvalue weighted by atomic mass is 32.1. The minimum atomic E-state index is 0.420. The second-order valence-corrected chi connectivity index (χ2v) is 8.31. The molecule has 0 radical (unpaired) electrons. The van der Waals surface area contributed by atoms with Gasteiger partial charge in [-0.2, -0.15) is 11.3 Å². The maximum atomic E-state index is 6.46. The van der Waals surface area contributed by atoms with Crippen LogP contribution >= 0.6 is 11.3 Å². The Morgan fingerprint density at radius 2 is 2.10 bits per heavy atom. The van der Waals surface area contributed by atoms with Gasteiger partial charge < -0.3 is 5.73 Å². The van der Waals surface area contributed by atoms with Gasteiger partial charge in [0.1, 0.15) is 0 Å². The lowest BCUT2D eigenvalue weighted by Gasteiger charge is -2.39. The molecule has 118 valence electrons. The Morgan fingerprint density at radius 3 is 2.71 bits per heavy atom. The van der Waals surface area contributed by atoms with Gasteiger partial charge in [-0.15, -0.1) is 0 Å².